The molecule has 1 aliphatic rings. The summed E-state index contributed by atoms with van der Waals surface area (Å²) in [4.78, 5) is 11.9. The number of aliphatic carboxylic acids is 1. The van der Waals surface area contributed by atoms with Crippen LogP contribution < -0.4 is 0 Å². The summed E-state index contributed by atoms with van der Waals surface area (Å²) in [5.74, 6) is -0.395. The molecule has 0 aromatic heterocycles. The van der Waals surface area contributed by atoms with Crippen LogP contribution in [0, 0.1) is 16.7 Å². The van der Waals surface area contributed by atoms with Crippen LogP contribution in [0.3, 0.4) is 0 Å². The van der Waals surface area contributed by atoms with Crippen LogP contribution >= 0.6 is 0 Å². The van der Waals surface area contributed by atoms with Gasteiger partial charge in [-0.2, -0.15) is 0 Å². The summed E-state index contributed by atoms with van der Waals surface area (Å²) in [6.45, 7) is 10.6. The minimum absolute atomic E-state index is 0.0989. The molecule has 122 valence electrons. The average Bonchev–Trinajstić information content (AvgIpc) is 2.84. The predicted octanol–water partition coefficient (Wildman–Crippen LogP) is 5.82. The van der Waals surface area contributed by atoms with E-state index in [9.17, 15) is 9.90 Å². The molecule has 2 nitrogen and oxygen atoms in total. The van der Waals surface area contributed by atoms with E-state index in [1.165, 1.54) is 44.1 Å². The third-order valence-electron chi connectivity index (χ3n) is 5.43. The molecule has 0 bridgehead atoms. The van der Waals surface area contributed by atoms with Crippen molar-refractivity contribution >= 4 is 5.97 Å². The highest BCUT2D eigenvalue weighted by atomic mass is 16.4. The zero-order valence-electron chi connectivity index (χ0n) is 14.7. The molecule has 1 fully saturated rings. The zero-order valence-corrected chi connectivity index (χ0v) is 14.7. The van der Waals surface area contributed by atoms with Gasteiger partial charge in [0.05, 0.1) is 5.41 Å². The van der Waals surface area contributed by atoms with Crippen LogP contribution in [0.5, 0.6) is 0 Å². The van der Waals surface area contributed by atoms with Gasteiger partial charge in [-0.15, -0.1) is 0 Å². The van der Waals surface area contributed by atoms with Crippen molar-refractivity contribution < 1.29 is 9.90 Å². The molecular formula is C19H34O2. The Hall–Kier alpha value is -0.790. The first-order chi connectivity index (χ1) is 9.80. The molecule has 2 heteroatoms. The maximum Gasteiger partial charge on any atom is 0.310 e. The SMILES string of the molecule is CCCCCCCCCC1(C(=O)O)C(C=C(C)C)C1(C)C. The fraction of sp³-hybridized carbons (Fsp3) is 0.842. The number of unbranched alkanes of at least 4 members (excludes halogenated alkanes) is 6. The van der Waals surface area contributed by atoms with Gasteiger partial charge in [-0.05, 0) is 31.6 Å². The topological polar surface area (TPSA) is 37.3 Å². The molecule has 0 aliphatic heterocycles. The number of hydrogen-bond donors (Lipinski definition) is 1. The lowest BCUT2D eigenvalue weighted by molar-refractivity contribution is -0.145. The van der Waals surface area contributed by atoms with Crippen molar-refractivity contribution in [3.63, 3.8) is 0 Å². The van der Waals surface area contributed by atoms with E-state index in [-0.39, 0.29) is 11.3 Å². The minimum atomic E-state index is -0.596. The molecule has 0 amide bonds. The molecule has 1 rings (SSSR count). The third kappa shape index (κ3) is 3.90. The Balaban J connectivity index is 2.49. The largest absolute Gasteiger partial charge is 0.481 e. The van der Waals surface area contributed by atoms with Crippen LogP contribution in [-0.4, -0.2) is 11.1 Å². The molecule has 0 heterocycles. The van der Waals surface area contributed by atoms with Gasteiger partial charge in [-0.25, -0.2) is 0 Å². The molecule has 2 unspecified atom stereocenters. The molecule has 0 aromatic carbocycles. The first kappa shape index (κ1) is 18.3. The molecule has 21 heavy (non-hydrogen) atoms. The number of carbonyl (C=O) groups is 1. The highest BCUT2D eigenvalue weighted by Crippen LogP contribution is 2.72. The fourth-order valence-corrected chi connectivity index (χ4v) is 3.93. The maximum atomic E-state index is 11.9. The van der Waals surface area contributed by atoms with Crippen LogP contribution in [0.15, 0.2) is 11.6 Å². The Kier molecular flexibility index (Phi) is 6.49. The van der Waals surface area contributed by atoms with Crippen LogP contribution in [0.2, 0.25) is 0 Å². The Labute approximate surface area is 131 Å². The van der Waals surface area contributed by atoms with E-state index in [0.717, 1.165) is 12.8 Å². The van der Waals surface area contributed by atoms with E-state index in [4.69, 9.17) is 0 Å². The molecule has 0 radical (unpaired) electrons. The van der Waals surface area contributed by atoms with Crippen LogP contribution in [0.4, 0.5) is 0 Å². The summed E-state index contributed by atoms with van der Waals surface area (Å²) in [6.07, 6.45) is 11.7. The first-order valence-electron chi connectivity index (χ1n) is 8.69. The van der Waals surface area contributed by atoms with Gasteiger partial charge in [0.1, 0.15) is 0 Å². The Morgan fingerprint density at radius 3 is 2.05 bits per heavy atom. The van der Waals surface area contributed by atoms with E-state index in [1.54, 1.807) is 0 Å². The van der Waals surface area contributed by atoms with Gasteiger partial charge in [0.25, 0.3) is 0 Å². The lowest BCUT2D eigenvalue weighted by Gasteiger charge is -2.15. The van der Waals surface area contributed by atoms with Crippen LogP contribution in [0.1, 0.15) is 86.0 Å². The summed E-state index contributed by atoms with van der Waals surface area (Å²) in [7, 11) is 0. The standard InChI is InChI=1S/C19H34O2/c1-6-7-8-9-10-11-12-13-19(17(20)21)16(14-15(2)3)18(19,4)5/h14,16H,6-13H2,1-5H3,(H,20,21). The number of allylic oxidation sites excluding steroid dienone is 2. The Morgan fingerprint density at radius 2 is 1.57 bits per heavy atom. The smallest absolute Gasteiger partial charge is 0.310 e. The molecule has 1 N–H and O–H groups in total. The molecule has 0 aromatic rings. The van der Waals surface area contributed by atoms with Gasteiger partial charge in [0.2, 0.25) is 0 Å². The van der Waals surface area contributed by atoms with Crippen molar-refractivity contribution in [2.75, 3.05) is 0 Å². The lowest BCUT2D eigenvalue weighted by atomic mass is 9.89. The second-order valence-electron chi connectivity index (χ2n) is 7.59. The summed E-state index contributed by atoms with van der Waals surface area (Å²) in [5.41, 5.74) is 0.613. The van der Waals surface area contributed by atoms with E-state index >= 15 is 0 Å². The van der Waals surface area contributed by atoms with Crippen molar-refractivity contribution in [3.05, 3.63) is 11.6 Å². The van der Waals surface area contributed by atoms with Crippen molar-refractivity contribution in [1.82, 2.24) is 0 Å². The summed E-state index contributed by atoms with van der Waals surface area (Å²) in [5, 5.41) is 9.77. The van der Waals surface area contributed by atoms with E-state index in [1.807, 2.05) is 0 Å². The van der Waals surface area contributed by atoms with Crippen molar-refractivity contribution in [3.8, 4) is 0 Å². The van der Waals surface area contributed by atoms with Crippen LogP contribution in [0.25, 0.3) is 0 Å². The predicted molar refractivity (Wildman–Crippen MR) is 89.4 cm³/mol. The van der Waals surface area contributed by atoms with E-state index < -0.39 is 11.4 Å². The highest BCUT2D eigenvalue weighted by molar-refractivity contribution is 5.81. The third-order valence-corrected chi connectivity index (χ3v) is 5.43. The zero-order chi connectivity index (χ0) is 16.1. The summed E-state index contributed by atoms with van der Waals surface area (Å²) in [6, 6.07) is 0. The number of rotatable bonds is 10. The van der Waals surface area contributed by atoms with Crippen molar-refractivity contribution in [1.29, 1.82) is 0 Å². The molecule has 1 aliphatic carbocycles. The Morgan fingerprint density at radius 1 is 1.05 bits per heavy atom. The van der Waals surface area contributed by atoms with Gasteiger partial charge < -0.3 is 5.11 Å². The monoisotopic (exact) mass is 294 g/mol. The molecular weight excluding hydrogens is 260 g/mol. The summed E-state index contributed by atoms with van der Waals surface area (Å²) < 4.78 is 0. The van der Waals surface area contributed by atoms with Crippen molar-refractivity contribution in [2.24, 2.45) is 16.7 Å². The average molecular weight is 294 g/mol. The Bertz CT molecular complexity index is 377. The minimum Gasteiger partial charge on any atom is -0.481 e. The highest BCUT2D eigenvalue weighted by Gasteiger charge is 2.73. The normalized spacial score (nSPS) is 26.4. The quantitative estimate of drug-likeness (QED) is 0.407. The number of carboxylic acid groups (broad SMARTS) is 1. The molecule has 2 atom stereocenters. The summed E-state index contributed by atoms with van der Waals surface area (Å²) >= 11 is 0. The van der Waals surface area contributed by atoms with Gasteiger partial charge in [0.15, 0.2) is 0 Å². The fourth-order valence-electron chi connectivity index (χ4n) is 3.93. The molecule has 0 saturated heterocycles. The van der Waals surface area contributed by atoms with E-state index in [2.05, 4.69) is 40.7 Å². The van der Waals surface area contributed by atoms with Crippen LogP contribution in [-0.2, 0) is 4.79 Å². The second kappa shape index (κ2) is 7.47. The van der Waals surface area contributed by atoms with E-state index in [0.29, 0.717) is 0 Å². The molecule has 0 spiro atoms. The van der Waals surface area contributed by atoms with Gasteiger partial charge in [-0.1, -0.05) is 77.4 Å². The number of hydrogen-bond acceptors (Lipinski definition) is 1. The second-order valence-corrected chi connectivity index (χ2v) is 7.59. The lowest BCUT2D eigenvalue weighted by Crippen LogP contribution is -2.21. The maximum absolute atomic E-state index is 11.9. The van der Waals surface area contributed by atoms with Gasteiger partial charge in [-0.3, -0.25) is 4.79 Å². The van der Waals surface area contributed by atoms with Gasteiger partial charge in [0, 0.05) is 0 Å². The number of carboxylic acids is 1. The van der Waals surface area contributed by atoms with Gasteiger partial charge >= 0.3 is 5.97 Å². The first-order valence-corrected chi connectivity index (χ1v) is 8.69. The molecule has 1 saturated carbocycles. The van der Waals surface area contributed by atoms with Crippen molar-refractivity contribution in [2.45, 2.75) is 86.0 Å².